The van der Waals surface area contributed by atoms with E-state index in [0.717, 1.165) is 7.11 Å². The van der Waals surface area contributed by atoms with E-state index in [1.54, 1.807) is 0 Å². The quantitative estimate of drug-likeness (QED) is 0.474. The molecule has 1 heterocycles. The van der Waals surface area contributed by atoms with Crippen LogP contribution in [0, 0.1) is 0 Å². The molecular formula is C7H9NO6. The van der Waals surface area contributed by atoms with Crippen molar-refractivity contribution in [1.82, 2.24) is 4.90 Å². The number of hydrogen-bond acceptors (Lipinski definition) is 6. The Kier molecular flexibility index (Phi) is 2.80. The van der Waals surface area contributed by atoms with Crippen LogP contribution in [0.4, 0.5) is 4.79 Å². The maximum atomic E-state index is 11.3. The lowest BCUT2D eigenvalue weighted by molar-refractivity contribution is -0.123. The lowest BCUT2D eigenvalue weighted by Gasteiger charge is -2.06. The van der Waals surface area contributed by atoms with E-state index in [4.69, 9.17) is 9.84 Å². The number of nitrogens with zero attached hydrogens (tertiary/aromatic N) is 1. The first kappa shape index (κ1) is 10.2. The monoisotopic (exact) mass is 203 g/mol. The highest BCUT2D eigenvalue weighted by atomic mass is 16.6. The first-order chi connectivity index (χ1) is 6.61. The zero-order valence-corrected chi connectivity index (χ0v) is 7.64. The van der Waals surface area contributed by atoms with Gasteiger partial charge < -0.3 is 19.3 Å². The summed E-state index contributed by atoms with van der Waals surface area (Å²) < 4.78 is 13.4. The first-order valence-electron chi connectivity index (χ1n) is 3.61. The van der Waals surface area contributed by atoms with Crippen molar-refractivity contribution in [1.29, 1.82) is 0 Å². The molecule has 0 bridgehead atoms. The van der Waals surface area contributed by atoms with Crippen LogP contribution in [0.15, 0.2) is 11.7 Å². The van der Waals surface area contributed by atoms with Gasteiger partial charge in [0.05, 0.1) is 14.2 Å². The normalized spacial score (nSPS) is 19.0. The second-order valence-electron chi connectivity index (χ2n) is 2.32. The van der Waals surface area contributed by atoms with E-state index < -0.39 is 23.7 Å². The van der Waals surface area contributed by atoms with Gasteiger partial charge in [0, 0.05) is 0 Å². The standard InChI is InChI=1S/C7H9NO6/c1-12-6(10)4-5(9)8(3-14-4)7(11)13-2/h10H,3H2,1-2H3. The molecule has 2 amide bonds. The maximum Gasteiger partial charge on any atom is 0.419 e. The van der Waals surface area contributed by atoms with E-state index in [-0.39, 0.29) is 6.73 Å². The third-order valence-corrected chi connectivity index (χ3v) is 1.56. The van der Waals surface area contributed by atoms with Crippen LogP contribution in [0.2, 0.25) is 0 Å². The smallest absolute Gasteiger partial charge is 0.419 e. The molecule has 0 spiro atoms. The Bertz CT molecular complexity index is 297. The summed E-state index contributed by atoms with van der Waals surface area (Å²) in [5.41, 5.74) is 0. The largest absolute Gasteiger partial charge is 0.478 e. The van der Waals surface area contributed by atoms with E-state index in [1.807, 2.05) is 0 Å². The topological polar surface area (TPSA) is 85.3 Å². The molecule has 0 aromatic carbocycles. The van der Waals surface area contributed by atoms with Crippen molar-refractivity contribution in [2.45, 2.75) is 0 Å². The molecule has 0 radical (unpaired) electrons. The number of ether oxygens (including phenoxy) is 3. The Morgan fingerprint density at radius 1 is 1.50 bits per heavy atom. The van der Waals surface area contributed by atoms with Gasteiger partial charge in [0.1, 0.15) is 0 Å². The number of methoxy groups -OCH3 is 2. The lowest BCUT2D eigenvalue weighted by Crippen LogP contribution is -2.32. The molecule has 0 unspecified atom stereocenters. The minimum atomic E-state index is -0.853. The molecule has 1 saturated heterocycles. The third-order valence-electron chi connectivity index (χ3n) is 1.56. The van der Waals surface area contributed by atoms with Crippen molar-refractivity contribution >= 4 is 12.0 Å². The number of carbonyl (C=O) groups excluding carboxylic acids is 2. The van der Waals surface area contributed by atoms with Crippen molar-refractivity contribution in [3.05, 3.63) is 11.7 Å². The van der Waals surface area contributed by atoms with E-state index in [1.165, 1.54) is 7.11 Å². The number of carbonyl (C=O) groups is 2. The van der Waals surface area contributed by atoms with Gasteiger partial charge in [-0.3, -0.25) is 4.79 Å². The van der Waals surface area contributed by atoms with Crippen LogP contribution >= 0.6 is 0 Å². The van der Waals surface area contributed by atoms with E-state index >= 15 is 0 Å². The molecule has 1 N–H and O–H groups in total. The van der Waals surface area contributed by atoms with Gasteiger partial charge >= 0.3 is 17.9 Å². The highest BCUT2D eigenvalue weighted by molar-refractivity contribution is 6.02. The van der Waals surface area contributed by atoms with Crippen LogP contribution in [0.3, 0.4) is 0 Å². The number of amides is 2. The summed E-state index contributed by atoms with van der Waals surface area (Å²) >= 11 is 0. The molecule has 78 valence electrons. The molecular weight excluding hydrogens is 194 g/mol. The predicted octanol–water partition coefficient (Wildman–Crippen LogP) is -0.0574. The minimum Gasteiger partial charge on any atom is -0.478 e. The molecule has 7 heteroatoms. The summed E-state index contributed by atoms with van der Waals surface area (Å²) in [7, 11) is 2.30. The van der Waals surface area contributed by atoms with Crippen molar-refractivity contribution < 1.29 is 28.9 Å². The number of rotatable bonds is 1. The molecule has 1 aliphatic heterocycles. The number of aliphatic hydroxyl groups is 1. The van der Waals surface area contributed by atoms with Gasteiger partial charge in [-0.05, 0) is 0 Å². The molecule has 7 nitrogen and oxygen atoms in total. The highest BCUT2D eigenvalue weighted by Crippen LogP contribution is 2.17. The van der Waals surface area contributed by atoms with E-state index in [9.17, 15) is 9.59 Å². The fraction of sp³-hybridized carbons (Fsp3) is 0.429. The summed E-state index contributed by atoms with van der Waals surface area (Å²) in [6.45, 7) is -0.297. The fourth-order valence-electron chi connectivity index (χ4n) is 0.864. The van der Waals surface area contributed by atoms with Crippen LogP contribution in [-0.2, 0) is 19.0 Å². The van der Waals surface area contributed by atoms with Crippen molar-refractivity contribution in [3.63, 3.8) is 0 Å². The second-order valence-corrected chi connectivity index (χ2v) is 2.32. The molecule has 0 atom stereocenters. The maximum absolute atomic E-state index is 11.3. The molecule has 0 aliphatic carbocycles. The molecule has 1 rings (SSSR count). The number of hydrogen-bond donors (Lipinski definition) is 1. The van der Waals surface area contributed by atoms with Crippen LogP contribution < -0.4 is 0 Å². The Morgan fingerprint density at radius 2 is 2.14 bits per heavy atom. The van der Waals surface area contributed by atoms with E-state index in [0.29, 0.717) is 4.90 Å². The fourth-order valence-corrected chi connectivity index (χ4v) is 0.864. The van der Waals surface area contributed by atoms with Crippen molar-refractivity contribution in [2.24, 2.45) is 0 Å². The van der Waals surface area contributed by atoms with Crippen LogP contribution in [0.25, 0.3) is 0 Å². The zero-order chi connectivity index (χ0) is 10.7. The minimum absolute atomic E-state index is 0.297. The summed E-state index contributed by atoms with van der Waals surface area (Å²) in [5, 5.41) is 9.03. The van der Waals surface area contributed by atoms with Crippen molar-refractivity contribution in [3.8, 4) is 0 Å². The summed E-state index contributed by atoms with van der Waals surface area (Å²) in [5.74, 6) is -1.87. The van der Waals surface area contributed by atoms with Gasteiger partial charge in [-0.1, -0.05) is 0 Å². The molecule has 0 aromatic rings. The average molecular weight is 203 g/mol. The van der Waals surface area contributed by atoms with Gasteiger partial charge in [0.25, 0.3) is 5.76 Å². The van der Waals surface area contributed by atoms with Gasteiger partial charge in [0.15, 0.2) is 6.73 Å². The predicted molar refractivity (Wildman–Crippen MR) is 41.9 cm³/mol. The SMILES string of the molecule is COC(=O)N1COC(=C(O)OC)C1=O. The zero-order valence-electron chi connectivity index (χ0n) is 7.64. The number of imide groups is 1. The average Bonchev–Trinajstić information content (AvgIpc) is 2.58. The van der Waals surface area contributed by atoms with Crippen LogP contribution in [-0.4, -0.2) is 43.0 Å². The molecule has 1 aliphatic rings. The lowest BCUT2D eigenvalue weighted by atomic mass is 10.5. The highest BCUT2D eigenvalue weighted by Gasteiger charge is 2.37. The summed E-state index contributed by atoms with van der Waals surface area (Å²) in [6, 6.07) is 0. The Hall–Kier alpha value is -1.92. The third kappa shape index (κ3) is 1.56. The van der Waals surface area contributed by atoms with Crippen LogP contribution in [0.1, 0.15) is 0 Å². The molecule has 1 fully saturated rings. The Balaban J connectivity index is 2.84. The van der Waals surface area contributed by atoms with Gasteiger partial charge in [0.2, 0.25) is 0 Å². The Morgan fingerprint density at radius 3 is 2.64 bits per heavy atom. The second kappa shape index (κ2) is 3.86. The number of aliphatic hydroxyl groups excluding tert-OH is 1. The van der Waals surface area contributed by atoms with Gasteiger partial charge in [-0.15, -0.1) is 0 Å². The first-order valence-corrected chi connectivity index (χ1v) is 3.61. The van der Waals surface area contributed by atoms with Crippen LogP contribution in [0.5, 0.6) is 0 Å². The molecule has 14 heavy (non-hydrogen) atoms. The summed E-state index contributed by atoms with van der Waals surface area (Å²) in [4.78, 5) is 22.9. The molecule has 0 saturated carbocycles. The van der Waals surface area contributed by atoms with E-state index in [2.05, 4.69) is 9.47 Å². The Labute approximate surface area is 79.5 Å². The van der Waals surface area contributed by atoms with Crippen molar-refractivity contribution in [2.75, 3.05) is 21.0 Å². The van der Waals surface area contributed by atoms with Gasteiger partial charge in [-0.25, -0.2) is 9.69 Å². The molecule has 0 aromatic heterocycles. The van der Waals surface area contributed by atoms with Gasteiger partial charge in [-0.2, -0.15) is 0 Å². The summed E-state index contributed by atoms with van der Waals surface area (Å²) in [6.07, 6.45) is -0.853.